The molecule has 0 aromatic heterocycles. The molecule has 0 spiro atoms. The van der Waals surface area contributed by atoms with E-state index in [1.165, 1.54) is 5.56 Å². The number of nitrogens with one attached hydrogen (secondary N) is 1. The van der Waals surface area contributed by atoms with E-state index in [0.29, 0.717) is 12.1 Å². The van der Waals surface area contributed by atoms with Gasteiger partial charge in [-0.05, 0) is 42.5 Å². The third-order valence-electron chi connectivity index (χ3n) is 4.26. The lowest BCUT2D eigenvalue weighted by atomic mass is 9.93. The minimum absolute atomic E-state index is 0.0373. The molecular weight excluding hydrogens is 302 g/mol. The van der Waals surface area contributed by atoms with Crippen LogP contribution in [0.15, 0.2) is 54.6 Å². The Labute approximate surface area is 142 Å². The molecular formula is C20H23NO3. The second-order valence-corrected chi connectivity index (χ2v) is 5.95. The number of benzene rings is 2. The van der Waals surface area contributed by atoms with Crippen LogP contribution >= 0.6 is 0 Å². The molecule has 24 heavy (non-hydrogen) atoms. The Kier molecular flexibility index (Phi) is 6.13. The third-order valence-corrected chi connectivity index (χ3v) is 4.26. The van der Waals surface area contributed by atoms with Crippen LogP contribution in [0, 0.1) is 0 Å². The molecule has 0 heterocycles. The number of anilines is 1. The van der Waals surface area contributed by atoms with Crippen LogP contribution in [0.2, 0.25) is 0 Å². The van der Waals surface area contributed by atoms with Gasteiger partial charge in [0, 0.05) is 12.1 Å². The quantitative estimate of drug-likeness (QED) is 0.793. The standard InChI is InChI=1S/C20H23NO3/c1-3-15(17-7-5-4-6-8-17)13-19(22)21-18-11-9-16(10-12-18)14(2)20(23)24/h4-12,14-15H,3,13H2,1-2H3,(H,21,22)(H,23,24). The highest BCUT2D eigenvalue weighted by Crippen LogP contribution is 2.24. The summed E-state index contributed by atoms with van der Waals surface area (Å²) in [5.74, 6) is -1.26. The van der Waals surface area contributed by atoms with E-state index in [9.17, 15) is 9.59 Å². The van der Waals surface area contributed by atoms with Crippen molar-refractivity contribution in [2.24, 2.45) is 0 Å². The highest BCUT2D eigenvalue weighted by molar-refractivity contribution is 5.91. The molecule has 2 aromatic carbocycles. The number of rotatable bonds is 7. The molecule has 1 amide bonds. The van der Waals surface area contributed by atoms with Crippen molar-refractivity contribution in [1.29, 1.82) is 0 Å². The summed E-state index contributed by atoms with van der Waals surface area (Å²) in [5, 5.41) is 11.9. The van der Waals surface area contributed by atoms with Gasteiger partial charge in [-0.15, -0.1) is 0 Å². The summed E-state index contributed by atoms with van der Waals surface area (Å²) in [7, 11) is 0. The minimum atomic E-state index is -0.861. The summed E-state index contributed by atoms with van der Waals surface area (Å²) in [6.45, 7) is 3.72. The molecule has 0 aliphatic rings. The van der Waals surface area contributed by atoms with E-state index in [0.717, 1.165) is 12.0 Å². The van der Waals surface area contributed by atoms with E-state index >= 15 is 0 Å². The first-order chi connectivity index (χ1) is 11.5. The predicted molar refractivity (Wildman–Crippen MR) is 95.2 cm³/mol. The molecule has 2 unspecified atom stereocenters. The smallest absolute Gasteiger partial charge is 0.310 e. The fourth-order valence-corrected chi connectivity index (χ4v) is 2.66. The zero-order valence-electron chi connectivity index (χ0n) is 14.0. The number of carboxylic acid groups (broad SMARTS) is 1. The van der Waals surface area contributed by atoms with Crippen molar-refractivity contribution in [1.82, 2.24) is 0 Å². The lowest BCUT2D eigenvalue weighted by Crippen LogP contribution is -2.15. The van der Waals surface area contributed by atoms with Crippen LogP contribution in [0.4, 0.5) is 5.69 Å². The fraction of sp³-hybridized carbons (Fsp3) is 0.300. The van der Waals surface area contributed by atoms with Crippen molar-refractivity contribution in [3.05, 3.63) is 65.7 Å². The van der Waals surface area contributed by atoms with Crippen molar-refractivity contribution in [3.63, 3.8) is 0 Å². The molecule has 0 bridgehead atoms. The van der Waals surface area contributed by atoms with Gasteiger partial charge in [0.25, 0.3) is 0 Å². The summed E-state index contributed by atoms with van der Waals surface area (Å²) >= 11 is 0. The van der Waals surface area contributed by atoms with Gasteiger partial charge in [0.2, 0.25) is 5.91 Å². The number of hydrogen-bond donors (Lipinski definition) is 2. The largest absolute Gasteiger partial charge is 0.481 e. The van der Waals surface area contributed by atoms with Gasteiger partial charge >= 0.3 is 5.97 Å². The van der Waals surface area contributed by atoms with Gasteiger partial charge in [0.15, 0.2) is 0 Å². The van der Waals surface area contributed by atoms with E-state index in [2.05, 4.69) is 12.2 Å². The molecule has 2 N–H and O–H groups in total. The zero-order chi connectivity index (χ0) is 17.5. The second-order valence-electron chi connectivity index (χ2n) is 5.95. The Hall–Kier alpha value is -2.62. The van der Waals surface area contributed by atoms with Crippen LogP contribution in [0.5, 0.6) is 0 Å². The van der Waals surface area contributed by atoms with Crippen molar-refractivity contribution in [2.45, 2.75) is 38.5 Å². The number of carboxylic acids is 1. The molecule has 2 rings (SSSR count). The van der Waals surface area contributed by atoms with Crippen LogP contribution in [-0.2, 0) is 9.59 Å². The molecule has 0 fully saturated rings. The average molecular weight is 325 g/mol. The maximum atomic E-state index is 12.3. The number of hydrogen-bond acceptors (Lipinski definition) is 2. The molecule has 126 valence electrons. The number of amides is 1. The van der Waals surface area contributed by atoms with Crippen LogP contribution in [0.1, 0.15) is 49.7 Å². The first-order valence-corrected chi connectivity index (χ1v) is 8.18. The molecule has 0 aliphatic heterocycles. The van der Waals surface area contributed by atoms with E-state index in [4.69, 9.17) is 5.11 Å². The van der Waals surface area contributed by atoms with Gasteiger partial charge in [0.05, 0.1) is 5.92 Å². The summed E-state index contributed by atoms with van der Waals surface area (Å²) in [6, 6.07) is 17.0. The molecule has 0 saturated heterocycles. The minimum Gasteiger partial charge on any atom is -0.481 e. The van der Waals surface area contributed by atoms with Gasteiger partial charge < -0.3 is 10.4 Å². The highest BCUT2D eigenvalue weighted by Gasteiger charge is 2.15. The van der Waals surface area contributed by atoms with E-state index in [1.807, 2.05) is 30.3 Å². The van der Waals surface area contributed by atoms with Crippen molar-refractivity contribution in [2.75, 3.05) is 5.32 Å². The Morgan fingerprint density at radius 2 is 1.62 bits per heavy atom. The lowest BCUT2D eigenvalue weighted by Gasteiger charge is -2.15. The monoisotopic (exact) mass is 325 g/mol. The molecule has 2 aromatic rings. The highest BCUT2D eigenvalue weighted by atomic mass is 16.4. The maximum absolute atomic E-state index is 12.3. The third kappa shape index (κ3) is 4.69. The van der Waals surface area contributed by atoms with Crippen molar-refractivity contribution < 1.29 is 14.7 Å². The Bertz CT molecular complexity index is 680. The van der Waals surface area contributed by atoms with Gasteiger partial charge in [-0.3, -0.25) is 9.59 Å². The summed E-state index contributed by atoms with van der Waals surface area (Å²) < 4.78 is 0. The number of carbonyl (C=O) groups excluding carboxylic acids is 1. The number of aliphatic carboxylic acids is 1. The summed E-state index contributed by atoms with van der Waals surface area (Å²) in [4.78, 5) is 23.3. The molecule has 2 atom stereocenters. The Morgan fingerprint density at radius 1 is 1.00 bits per heavy atom. The van der Waals surface area contributed by atoms with E-state index in [-0.39, 0.29) is 11.8 Å². The molecule has 0 aliphatic carbocycles. The van der Waals surface area contributed by atoms with E-state index in [1.54, 1.807) is 31.2 Å². The maximum Gasteiger partial charge on any atom is 0.310 e. The lowest BCUT2D eigenvalue weighted by molar-refractivity contribution is -0.138. The van der Waals surface area contributed by atoms with Crippen LogP contribution in [0.3, 0.4) is 0 Å². The Morgan fingerprint density at radius 3 is 2.17 bits per heavy atom. The van der Waals surface area contributed by atoms with Crippen LogP contribution < -0.4 is 5.32 Å². The second kappa shape index (κ2) is 8.29. The molecule has 0 saturated carbocycles. The van der Waals surface area contributed by atoms with Crippen LogP contribution in [-0.4, -0.2) is 17.0 Å². The predicted octanol–water partition coefficient (Wildman–Crippen LogP) is 4.40. The first-order valence-electron chi connectivity index (χ1n) is 8.18. The van der Waals surface area contributed by atoms with Gasteiger partial charge in [-0.2, -0.15) is 0 Å². The van der Waals surface area contributed by atoms with Crippen LogP contribution in [0.25, 0.3) is 0 Å². The summed E-state index contributed by atoms with van der Waals surface area (Å²) in [6.07, 6.45) is 1.32. The van der Waals surface area contributed by atoms with Crippen molar-refractivity contribution >= 4 is 17.6 Å². The van der Waals surface area contributed by atoms with E-state index < -0.39 is 11.9 Å². The van der Waals surface area contributed by atoms with Gasteiger partial charge in [0.1, 0.15) is 0 Å². The summed E-state index contributed by atoms with van der Waals surface area (Å²) in [5.41, 5.74) is 2.57. The molecule has 4 heteroatoms. The normalized spacial score (nSPS) is 13.1. The first kappa shape index (κ1) is 17.7. The number of carbonyl (C=O) groups is 2. The van der Waals surface area contributed by atoms with Gasteiger partial charge in [-0.1, -0.05) is 49.4 Å². The molecule has 0 radical (unpaired) electrons. The van der Waals surface area contributed by atoms with Gasteiger partial charge in [-0.25, -0.2) is 0 Å². The average Bonchev–Trinajstić information content (AvgIpc) is 2.60. The Balaban J connectivity index is 1.98. The topological polar surface area (TPSA) is 66.4 Å². The fourth-order valence-electron chi connectivity index (χ4n) is 2.66. The van der Waals surface area contributed by atoms with Crippen molar-refractivity contribution in [3.8, 4) is 0 Å². The molecule has 4 nitrogen and oxygen atoms in total. The SMILES string of the molecule is CCC(CC(=O)Nc1ccc(C(C)C(=O)O)cc1)c1ccccc1. The zero-order valence-corrected chi connectivity index (χ0v) is 14.0.